The highest BCUT2D eigenvalue weighted by Gasteiger charge is 2.34. The summed E-state index contributed by atoms with van der Waals surface area (Å²) in [7, 11) is -3.21. The third-order valence-electron chi connectivity index (χ3n) is 4.26. The Balaban J connectivity index is 1.60. The summed E-state index contributed by atoms with van der Waals surface area (Å²) in [6, 6.07) is 8.22. The number of halogens is 1. The maximum atomic E-state index is 12.5. The number of alkyl halides is 1. The summed E-state index contributed by atoms with van der Waals surface area (Å²) in [5.74, 6) is 0.537. The fourth-order valence-corrected chi connectivity index (χ4v) is 4.51. The smallest absolute Gasteiger partial charge is 0.218 e. The van der Waals surface area contributed by atoms with Crippen molar-refractivity contribution in [2.75, 3.05) is 26.2 Å². The molecule has 0 spiro atoms. The molecule has 4 nitrogen and oxygen atoms in total. The van der Waals surface area contributed by atoms with Crippen molar-refractivity contribution in [3.8, 4) is 0 Å². The van der Waals surface area contributed by atoms with Crippen LogP contribution in [-0.4, -0.2) is 49.8 Å². The van der Waals surface area contributed by atoms with Crippen LogP contribution in [0.1, 0.15) is 24.0 Å². The van der Waals surface area contributed by atoms with Crippen molar-refractivity contribution >= 4 is 21.6 Å². The SMILES string of the molecule is O=S(=O)(Cc1ccc(CCl)cc1)N1CCN(C2CC2)CC1. The molecule has 0 bridgehead atoms. The van der Waals surface area contributed by atoms with Gasteiger partial charge in [0.25, 0.3) is 0 Å². The van der Waals surface area contributed by atoms with Crippen LogP contribution in [0.2, 0.25) is 0 Å². The molecule has 1 aromatic carbocycles. The first-order valence-corrected chi connectivity index (χ1v) is 9.58. The van der Waals surface area contributed by atoms with Crippen molar-refractivity contribution in [1.29, 1.82) is 0 Å². The molecule has 0 amide bonds. The summed E-state index contributed by atoms with van der Waals surface area (Å²) < 4.78 is 26.6. The largest absolute Gasteiger partial charge is 0.298 e. The highest BCUT2D eigenvalue weighted by Crippen LogP contribution is 2.28. The minimum absolute atomic E-state index is 0.0823. The maximum absolute atomic E-state index is 12.5. The molecule has 1 saturated heterocycles. The molecule has 3 rings (SSSR count). The van der Waals surface area contributed by atoms with E-state index in [2.05, 4.69) is 4.90 Å². The summed E-state index contributed by atoms with van der Waals surface area (Å²) in [6.45, 7) is 2.99. The van der Waals surface area contributed by atoms with Crippen LogP contribution in [0.15, 0.2) is 24.3 Å². The first-order valence-electron chi connectivity index (χ1n) is 7.44. The van der Waals surface area contributed by atoms with E-state index in [1.54, 1.807) is 4.31 Å². The van der Waals surface area contributed by atoms with Gasteiger partial charge in [0.2, 0.25) is 10.0 Å². The Kier molecular flexibility index (Phi) is 4.54. The molecule has 2 aliphatic rings. The van der Waals surface area contributed by atoms with Crippen molar-refractivity contribution in [2.45, 2.75) is 30.5 Å². The molecule has 0 aromatic heterocycles. The van der Waals surface area contributed by atoms with E-state index < -0.39 is 10.0 Å². The van der Waals surface area contributed by atoms with Gasteiger partial charge < -0.3 is 0 Å². The normalized spacial score (nSPS) is 21.6. The Hall–Kier alpha value is -0.620. The predicted molar refractivity (Wildman–Crippen MR) is 84.8 cm³/mol. The number of piperazine rings is 1. The molecule has 0 unspecified atom stereocenters. The minimum atomic E-state index is -3.21. The van der Waals surface area contributed by atoms with E-state index in [4.69, 9.17) is 11.6 Å². The van der Waals surface area contributed by atoms with Gasteiger partial charge in [0, 0.05) is 38.1 Å². The fourth-order valence-electron chi connectivity index (χ4n) is 2.81. The highest BCUT2D eigenvalue weighted by atomic mass is 35.5. The molecule has 1 saturated carbocycles. The van der Waals surface area contributed by atoms with Crippen LogP contribution in [0, 0.1) is 0 Å². The zero-order chi connectivity index (χ0) is 14.9. The number of sulfonamides is 1. The van der Waals surface area contributed by atoms with E-state index >= 15 is 0 Å². The van der Waals surface area contributed by atoms with E-state index in [1.807, 2.05) is 24.3 Å². The van der Waals surface area contributed by atoms with Gasteiger partial charge in [-0.25, -0.2) is 8.42 Å². The average molecular weight is 329 g/mol. The number of benzene rings is 1. The molecule has 1 aliphatic carbocycles. The van der Waals surface area contributed by atoms with Crippen LogP contribution in [0.5, 0.6) is 0 Å². The van der Waals surface area contributed by atoms with E-state index in [0.717, 1.165) is 30.3 Å². The lowest BCUT2D eigenvalue weighted by Crippen LogP contribution is -2.49. The third kappa shape index (κ3) is 3.77. The van der Waals surface area contributed by atoms with Gasteiger partial charge in [-0.3, -0.25) is 4.90 Å². The Morgan fingerprint density at radius 1 is 1.00 bits per heavy atom. The van der Waals surface area contributed by atoms with Gasteiger partial charge in [0.1, 0.15) is 0 Å². The standard InChI is InChI=1S/C15H21ClN2O2S/c16-11-13-1-3-14(4-2-13)12-21(19,20)18-9-7-17(8-10-18)15-5-6-15/h1-4,15H,5-12H2. The highest BCUT2D eigenvalue weighted by molar-refractivity contribution is 7.88. The Morgan fingerprint density at radius 3 is 2.10 bits per heavy atom. The molecule has 2 fully saturated rings. The number of hydrogen-bond donors (Lipinski definition) is 0. The summed E-state index contributed by atoms with van der Waals surface area (Å²) in [5.41, 5.74) is 1.84. The van der Waals surface area contributed by atoms with Crippen LogP contribution in [0.3, 0.4) is 0 Å². The molecular weight excluding hydrogens is 308 g/mol. The van der Waals surface area contributed by atoms with E-state index in [0.29, 0.717) is 19.0 Å². The van der Waals surface area contributed by atoms with E-state index in [1.165, 1.54) is 12.8 Å². The maximum Gasteiger partial charge on any atom is 0.218 e. The second kappa shape index (κ2) is 6.24. The summed E-state index contributed by atoms with van der Waals surface area (Å²) in [4.78, 5) is 2.42. The Morgan fingerprint density at radius 2 is 1.57 bits per heavy atom. The molecule has 6 heteroatoms. The molecular formula is C15H21ClN2O2S. The molecule has 0 N–H and O–H groups in total. The van der Waals surface area contributed by atoms with Crippen molar-refractivity contribution in [3.05, 3.63) is 35.4 Å². The number of nitrogens with zero attached hydrogens (tertiary/aromatic N) is 2. The van der Waals surface area contributed by atoms with Crippen molar-refractivity contribution in [3.63, 3.8) is 0 Å². The fraction of sp³-hybridized carbons (Fsp3) is 0.600. The van der Waals surface area contributed by atoms with E-state index in [9.17, 15) is 8.42 Å². The second-order valence-electron chi connectivity index (χ2n) is 5.87. The lowest BCUT2D eigenvalue weighted by atomic mass is 10.2. The summed E-state index contributed by atoms with van der Waals surface area (Å²) >= 11 is 5.75. The molecule has 0 atom stereocenters. The van der Waals surface area contributed by atoms with Gasteiger partial charge in [-0.1, -0.05) is 24.3 Å². The molecule has 0 radical (unpaired) electrons. The first-order chi connectivity index (χ1) is 10.1. The van der Waals surface area contributed by atoms with Gasteiger partial charge >= 0.3 is 0 Å². The molecule has 116 valence electrons. The number of hydrogen-bond acceptors (Lipinski definition) is 3. The van der Waals surface area contributed by atoms with Gasteiger partial charge in [0.15, 0.2) is 0 Å². The average Bonchev–Trinajstić information content (AvgIpc) is 3.32. The van der Waals surface area contributed by atoms with Crippen LogP contribution in [-0.2, 0) is 21.7 Å². The van der Waals surface area contributed by atoms with Crippen LogP contribution in [0.25, 0.3) is 0 Å². The number of rotatable bonds is 5. The molecule has 21 heavy (non-hydrogen) atoms. The van der Waals surface area contributed by atoms with Crippen molar-refractivity contribution in [1.82, 2.24) is 9.21 Å². The second-order valence-corrected chi connectivity index (χ2v) is 8.11. The van der Waals surface area contributed by atoms with Gasteiger partial charge in [0.05, 0.1) is 5.75 Å². The topological polar surface area (TPSA) is 40.6 Å². The molecule has 1 aromatic rings. The predicted octanol–water partition coefficient (Wildman–Crippen LogP) is 2.04. The molecule has 1 heterocycles. The van der Waals surface area contributed by atoms with Crippen LogP contribution >= 0.6 is 11.6 Å². The third-order valence-corrected chi connectivity index (χ3v) is 6.41. The monoisotopic (exact) mass is 328 g/mol. The molecule has 1 aliphatic heterocycles. The zero-order valence-corrected chi connectivity index (χ0v) is 13.6. The van der Waals surface area contributed by atoms with Gasteiger partial charge in [-0.05, 0) is 24.0 Å². The minimum Gasteiger partial charge on any atom is -0.298 e. The van der Waals surface area contributed by atoms with Crippen LogP contribution < -0.4 is 0 Å². The Bertz CT molecular complexity index is 576. The van der Waals surface area contributed by atoms with Gasteiger partial charge in [-0.2, -0.15) is 4.31 Å². The van der Waals surface area contributed by atoms with Crippen LogP contribution in [0.4, 0.5) is 0 Å². The van der Waals surface area contributed by atoms with Crippen molar-refractivity contribution < 1.29 is 8.42 Å². The van der Waals surface area contributed by atoms with Gasteiger partial charge in [-0.15, -0.1) is 11.6 Å². The summed E-state index contributed by atoms with van der Waals surface area (Å²) in [5, 5.41) is 0. The van der Waals surface area contributed by atoms with E-state index in [-0.39, 0.29) is 5.75 Å². The quantitative estimate of drug-likeness (QED) is 0.777. The first kappa shape index (κ1) is 15.3. The Labute approximate surface area is 131 Å². The zero-order valence-electron chi connectivity index (χ0n) is 12.0. The van der Waals surface area contributed by atoms with Crippen molar-refractivity contribution in [2.24, 2.45) is 0 Å². The lowest BCUT2D eigenvalue weighted by Gasteiger charge is -2.34. The lowest BCUT2D eigenvalue weighted by molar-refractivity contribution is 0.180. The summed E-state index contributed by atoms with van der Waals surface area (Å²) in [6.07, 6.45) is 2.55.